The molecule has 0 saturated heterocycles. The van der Waals surface area contributed by atoms with Gasteiger partial charge in [-0.05, 0) is 54.5 Å². The zero-order chi connectivity index (χ0) is 25.3. The van der Waals surface area contributed by atoms with E-state index in [9.17, 15) is 5.11 Å². The molecule has 36 heavy (non-hydrogen) atoms. The molecule has 0 bridgehead atoms. The fraction of sp³-hybridized carbons (Fsp3) is 0.233. The van der Waals surface area contributed by atoms with Crippen LogP contribution in [0, 0.1) is 0 Å². The number of aromatic nitrogens is 1. The summed E-state index contributed by atoms with van der Waals surface area (Å²) >= 11 is 7.77. The van der Waals surface area contributed by atoms with Gasteiger partial charge in [-0.3, -0.25) is 0 Å². The largest absolute Gasteiger partial charge is 0.481 e. The summed E-state index contributed by atoms with van der Waals surface area (Å²) in [6, 6.07) is 28.6. The van der Waals surface area contributed by atoms with Crippen molar-refractivity contribution in [1.82, 2.24) is 9.88 Å². The molecule has 0 aliphatic carbocycles. The van der Waals surface area contributed by atoms with E-state index >= 15 is 0 Å². The SMILES string of the molecule is COc1nc2sc(Cl)cc2cc1C(c1ccccc1)C(O)(CCN(C)C)c1cccc2ccccc12. The maximum Gasteiger partial charge on any atom is 0.218 e. The third kappa shape index (κ3) is 4.60. The van der Waals surface area contributed by atoms with Crippen molar-refractivity contribution in [3.63, 3.8) is 0 Å². The molecule has 4 nitrogen and oxygen atoms in total. The number of rotatable bonds is 8. The molecule has 3 aromatic carbocycles. The van der Waals surface area contributed by atoms with E-state index in [4.69, 9.17) is 21.3 Å². The summed E-state index contributed by atoms with van der Waals surface area (Å²) < 4.78 is 6.51. The van der Waals surface area contributed by atoms with Crippen molar-refractivity contribution in [1.29, 1.82) is 0 Å². The molecule has 0 aliphatic heterocycles. The van der Waals surface area contributed by atoms with Crippen molar-refractivity contribution >= 4 is 43.9 Å². The Labute approximate surface area is 220 Å². The van der Waals surface area contributed by atoms with E-state index < -0.39 is 11.5 Å². The lowest BCUT2D eigenvalue weighted by atomic mass is 9.70. The van der Waals surface area contributed by atoms with Gasteiger partial charge in [0.2, 0.25) is 5.88 Å². The van der Waals surface area contributed by atoms with E-state index in [-0.39, 0.29) is 0 Å². The molecule has 2 atom stereocenters. The van der Waals surface area contributed by atoms with E-state index in [2.05, 4.69) is 41.3 Å². The summed E-state index contributed by atoms with van der Waals surface area (Å²) in [6.07, 6.45) is 0.513. The summed E-state index contributed by atoms with van der Waals surface area (Å²) in [5.74, 6) is 0.0633. The lowest BCUT2D eigenvalue weighted by Crippen LogP contribution is -2.38. The van der Waals surface area contributed by atoms with Crippen LogP contribution in [0.2, 0.25) is 4.34 Å². The Morgan fingerprint density at radius 3 is 2.44 bits per heavy atom. The monoisotopic (exact) mass is 516 g/mol. The number of methoxy groups -OCH3 is 1. The average Bonchev–Trinajstić information content (AvgIpc) is 3.26. The molecule has 0 fully saturated rings. The minimum Gasteiger partial charge on any atom is -0.481 e. The minimum atomic E-state index is -1.26. The number of halogens is 1. The highest BCUT2D eigenvalue weighted by Gasteiger charge is 2.43. The van der Waals surface area contributed by atoms with Crippen LogP contribution in [0.15, 0.2) is 84.9 Å². The van der Waals surface area contributed by atoms with Gasteiger partial charge in [0.15, 0.2) is 0 Å². The number of benzene rings is 3. The molecule has 5 aromatic rings. The quantitative estimate of drug-likeness (QED) is 0.239. The van der Waals surface area contributed by atoms with Crippen molar-refractivity contribution in [2.75, 3.05) is 27.7 Å². The Morgan fingerprint density at radius 2 is 1.69 bits per heavy atom. The number of fused-ring (bicyclic) bond motifs is 2. The topological polar surface area (TPSA) is 45.6 Å². The summed E-state index contributed by atoms with van der Waals surface area (Å²) in [4.78, 5) is 7.74. The number of aliphatic hydroxyl groups is 1. The molecule has 2 heterocycles. The van der Waals surface area contributed by atoms with Crippen LogP contribution in [0.3, 0.4) is 0 Å². The Kier molecular flexibility index (Phi) is 7.00. The second kappa shape index (κ2) is 10.2. The standard InChI is InChI=1S/C30H29ClN2O2S/c1-33(2)17-16-30(34,25-15-9-13-20-10-7-8-14-23(20)25)27(21-11-5-4-6-12-21)24-18-22-19-26(31)36-29(22)32-28(24)35-3/h4-15,18-19,27,34H,16-17H2,1-3H3. The molecule has 0 amide bonds. The summed E-state index contributed by atoms with van der Waals surface area (Å²) in [5, 5.41) is 16.0. The van der Waals surface area contributed by atoms with Gasteiger partial charge in [0, 0.05) is 23.4 Å². The zero-order valence-corrected chi connectivity index (χ0v) is 22.2. The summed E-state index contributed by atoms with van der Waals surface area (Å²) in [5.41, 5.74) is 1.46. The highest BCUT2D eigenvalue weighted by atomic mass is 35.5. The molecule has 184 valence electrons. The van der Waals surface area contributed by atoms with E-state index in [1.165, 1.54) is 11.3 Å². The molecule has 2 unspecified atom stereocenters. The van der Waals surface area contributed by atoms with E-state index in [1.807, 2.05) is 62.6 Å². The lowest BCUT2D eigenvalue weighted by Gasteiger charge is -2.39. The van der Waals surface area contributed by atoms with Crippen molar-refractivity contribution in [3.8, 4) is 5.88 Å². The zero-order valence-electron chi connectivity index (χ0n) is 20.6. The first-order valence-corrected chi connectivity index (χ1v) is 13.1. The minimum absolute atomic E-state index is 0.435. The summed E-state index contributed by atoms with van der Waals surface area (Å²) in [6.45, 7) is 0.700. The number of nitrogens with zero attached hydrogens (tertiary/aromatic N) is 2. The predicted octanol–water partition coefficient (Wildman–Crippen LogP) is 7.08. The number of ether oxygens (including phenoxy) is 1. The van der Waals surface area contributed by atoms with E-state index in [0.29, 0.717) is 23.2 Å². The average molecular weight is 517 g/mol. The number of thiophene rings is 1. The normalized spacial score (nSPS) is 14.3. The second-order valence-corrected chi connectivity index (χ2v) is 11.0. The van der Waals surface area contributed by atoms with Crippen LogP contribution in [0.4, 0.5) is 0 Å². The molecule has 0 saturated carbocycles. The van der Waals surface area contributed by atoms with Gasteiger partial charge < -0.3 is 14.7 Å². The molecular formula is C30H29ClN2O2S. The molecule has 0 aliphatic rings. The van der Waals surface area contributed by atoms with Gasteiger partial charge in [-0.2, -0.15) is 0 Å². The number of hydrogen-bond donors (Lipinski definition) is 1. The highest BCUT2D eigenvalue weighted by Crippen LogP contribution is 2.49. The van der Waals surface area contributed by atoms with Gasteiger partial charge in [0.05, 0.1) is 11.4 Å². The maximum atomic E-state index is 13.0. The maximum absolute atomic E-state index is 13.0. The number of hydrogen-bond acceptors (Lipinski definition) is 5. The highest BCUT2D eigenvalue weighted by molar-refractivity contribution is 7.22. The molecule has 6 heteroatoms. The van der Waals surface area contributed by atoms with Crippen LogP contribution in [0.25, 0.3) is 21.0 Å². The molecule has 1 N–H and O–H groups in total. The van der Waals surface area contributed by atoms with Crippen molar-refractivity contribution in [2.45, 2.75) is 17.9 Å². The second-order valence-electron chi connectivity index (χ2n) is 9.38. The van der Waals surface area contributed by atoms with Gasteiger partial charge in [0.1, 0.15) is 10.4 Å². The van der Waals surface area contributed by atoms with Gasteiger partial charge in [0.25, 0.3) is 0 Å². The third-order valence-electron chi connectivity index (χ3n) is 6.78. The van der Waals surface area contributed by atoms with Gasteiger partial charge >= 0.3 is 0 Å². The van der Waals surface area contributed by atoms with Gasteiger partial charge in [-0.25, -0.2) is 4.98 Å². The number of pyridine rings is 1. The third-order valence-corrected chi connectivity index (χ3v) is 7.96. The lowest BCUT2D eigenvalue weighted by molar-refractivity contribution is 0.00520. The first-order chi connectivity index (χ1) is 17.4. The van der Waals surface area contributed by atoms with Crippen LogP contribution in [-0.4, -0.2) is 42.7 Å². The Bertz CT molecular complexity index is 1500. The fourth-order valence-corrected chi connectivity index (χ4v) is 6.17. The van der Waals surface area contributed by atoms with Crippen LogP contribution >= 0.6 is 22.9 Å². The van der Waals surface area contributed by atoms with E-state index in [1.54, 1.807) is 7.11 Å². The summed E-state index contributed by atoms with van der Waals surface area (Å²) in [7, 11) is 5.69. The fourth-order valence-electron chi connectivity index (χ4n) is 5.10. The molecular weight excluding hydrogens is 488 g/mol. The van der Waals surface area contributed by atoms with Crippen molar-refractivity contribution in [2.24, 2.45) is 0 Å². The van der Waals surface area contributed by atoms with Crippen molar-refractivity contribution in [3.05, 3.63) is 106 Å². The Balaban J connectivity index is 1.83. The van der Waals surface area contributed by atoms with E-state index in [0.717, 1.165) is 37.7 Å². The molecule has 2 aromatic heterocycles. The van der Waals surface area contributed by atoms with Crippen LogP contribution in [-0.2, 0) is 5.60 Å². The van der Waals surface area contributed by atoms with Crippen LogP contribution in [0.5, 0.6) is 5.88 Å². The van der Waals surface area contributed by atoms with Crippen LogP contribution in [0.1, 0.15) is 29.0 Å². The molecule has 5 rings (SSSR count). The molecule has 0 spiro atoms. The van der Waals surface area contributed by atoms with Gasteiger partial charge in [-0.15, -0.1) is 11.3 Å². The first kappa shape index (κ1) is 24.7. The van der Waals surface area contributed by atoms with Crippen molar-refractivity contribution < 1.29 is 9.84 Å². The predicted molar refractivity (Wildman–Crippen MR) is 150 cm³/mol. The Hall–Kier alpha value is -2.96. The van der Waals surface area contributed by atoms with Crippen LogP contribution < -0.4 is 4.74 Å². The Morgan fingerprint density at radius 1 is 0.972 bits per heavy atom. The molecule has 0 radical (unpaired) electrons. The smallest absolute Gasteiger partial charge is 0.218 e. The van der Waals surface area contributed by atoms with Gasteiger partial charge in [-0.1, -0.05) is 84.4 Å². The first-order valence-electron chi connectivity index (χ1n) is 11.9.